The molecule has 0 amide bonds. The fourth-order valence-electron chi connectivity index (χ4n) is 2.43. The Balaban J connectivity index is 1.94. The summed E-state index contributed by atoms with van der Waals surface area (Å²) in [5.41, 5.74) is 0.524. The number of carbonyl (C=O) groups is 2. The van der Waals surface area contributed by atoms with Crippen molar-refractivity contribution in [1.82, 2.24) is 0 Å². The molecule has 0 aliphatic heterocycles. The highest BCUT2D eigenvalue weighted by Crippen LogP contribution is 2.14. The molecule has 1 unspecified atom stereocenters. The highest BCUT2D eigenvalue weighted by Gasteiger charge is 2.16. The van der Waals surface area contributed by atoms with Crippen LogP contribution >= 0.6 is 0 Å². The molecule has 0 fully saturated rings. The maximum Gasteiger partial charge on any atom is 0.338 e. The molecule has 27 heavy (non-hydrogen) atoms. The van der Waals surface area contributed by atoms with Gasteiger partial charge in [0.05, 0.1) is 37.9 Å². The summed E-state index contributed by atoms with van der Waals surface area (Å²) in [7, 11) is 0. The predicted octanol–water partition coefficient (Wildman–Crippen LogP) is 3.64. The van der Waals surface area contributed by atoms with Crippen LogP contribution in [0.15, 0.2) is 30.3 Å². The topological polar surface area (TPSA) is 71.1 Å². The van der Waals surface area contributed by atoms with Crippen molar-refractivity contribution in [3.05, 3.63) is 35.9 Å². The summed E-state index contributed by atoms with van der Waals surface area (Å²) in [4.78, 5) is 23.6. The predicted molar refractivity (Wildman–Crippen MR) is 103 cm³/mol. The fourth-order valence-corrected chi connectivity index (χ4v) is 2.43. The van der Waals surface area contributed by atoms with E-state index in [1.807, 2.05) is 13.0 Å². The minimum atomic E-state index is -0.360. The zero-order valence-electron chi connectivity index (χ0n) is 16.5. The molecule has 0 saturated carbocycles. The highest BCUT2D eigenvalue weighted by molar-refractivity contribution is 5.89. The van der Waals surface area contributed by atoms with Gasteiger partial charge in [0, 0.05) is 0 Å². The molecule has 0 aliphatic rings. The van der Waals surface area contributed by atoms with Crippen molar-refractivity contribution >= 4 is 11.9 Å². The van der Waals surface area contributed by atoms with Gasteiger partial charge in [0.15, 0.2) is 0 Å². The molecule has 6 nitrogen and oxygen atoms in total. The van der Waals surface area contributed by atoms with Crippen LogP contribution in [0.25, 0.3) is 0 Å². The summed E-state index contributed by atoms with van der Waals surface area (Å²) < 4.78 is 21.0. The molecule has 152 valence electrons. The van der Waals surface area contributed by atoms with Crippen molar-refractivity contribution in [3.8, 4) is 0 Å². The van der Waals surface area contributed by atoms with Gasteiger partial charge in [-0.3, -0.25) is 4.79 Å². The lowest BCUT2D eigenvalue weighted by Gasteiger charge is -2.13. The first-order valence-corrected chi connectivity index (χ1v) is 9.73. The van der Waals surface area contributed by atoms with Crippen LogP contribution in [-0.2, 0) is 23.7 Å². The van der Waals surface area contributed by atoms with E-state index < -0.39 is 0 Å². The van der Waals surface area contributed by atoms with E-state index in [-0.39, 0.29) is 31.1 Å². The minimum absolute atomic E-state index is 0.00752. The Hall–Kier alpha value is -1.92. The summed E-state index contributed by atoms with van der Waals surface area (Å²) in [6, 6.07) is 8.83. The second-order valence-electron chi connectivity index (χ2n) is 6.14. The lowest BCUT2D eigenvalue weighted by Crippen LogP contribution is -2.20. The second kappa shape index (κ2) is 15.2. The van der Waals surface area contributed by atoms with Crippen LogP contribution < -0.4 is 0 Å². The van der Waals surface area contributed by atoms with E-state index in [1.165, 1.54) is 0 Å². The summed E-state index contributed by atoms with van der Waals surface area (Å²) in [5.74, 6) is -0.500. The lowest BCUT2D eigenvalue weighted by molar-refractivity contribution is -0.150. The first-order chi connectivity index (χ1) is 13.2. The molecule has 0 spiro atoms. The van der Waals surface area contributed by atoms with Gasteiger partial charge in [0.2, 0.25) is 0 Å². The van der Waals surface area contributed by atoms with Crippen molar-refractivity contribution in [2.24, 2.45) is 5.92 Å². The van der Waals surface area contributed by atoms with Gasteiger partial charge in [-0.25, -0.2) is 4.79 Å². The van der Waals surface area contributed by atoms with Gasteiger partial charge in [-0.15, -0.1) is 0 Å². The number of hydrogen-bond acceptors (Lipinski definition) is 6. The molecule has 0 radical (unpaired) electrons. The van der Waals surface area contributed by atoms with E-state index in [2.05, 4.69) is 6.92 Å². The van der Waals surface area contributed by atoms with Gasteiger partial charge in [-0.05, 0) is 25.0 Å². The Morgan fingerprint density at radius 3 is 2.04 bits per heavy atom. The first-order valence-electron chi connectivity index (χ1n) is 9.73. The molecule has 1 aromatic carbocycles. The Bertz CT molecular complexity index is 517. The number of ether oxygens (including phenoxy) is 4. The zero-order chi connectivity index (χ0) is 19.7. The standard InChI is InChI=1S/C21H32O6/c1-3-5-9-18(4-2)20(22)26-16-14-24-12-13-25-15-17-27-21(23)19-10-7-6-8-11-19/h6-8,10-11,18H,3-5,9,12-17H2,1-2H3. The van der Waals surface area contributed by atoms with Crippen molar-refractivity contribution in [2.75, 3.05) is 39.6 Å². The summed E-state index contributed by atoms with van der Waals surface area (Å²) in [6.45, 7) is 6.03. The fraction of sp³-hybridized carbons (Fsp3) is 0.619. The molecular weight excluding hydrogens is 348 g/mol. The summed E-state index contributed by atoms with van der Waals surface area (Å²) in [5, 5.41) is 0. The Morgan fingerprint density at radius 1 is 0.852 bits per heavy atom. The van der Waals surface area contributed by atoms with Gasteiger partial charge >= 0.3 is 11.9 Å². The van der Waals surface area contributed by atoms with E-state index in [0.29, 0.717) is 32.0 Å². The average Bonchev–Trinajstić information content (AvgIpc) is 2.70. The van der Waals surface area contributed by atoms with Crippen LogP contribution in [0.4, 0.5) is 0 Å². The van der Waals surface area contributed by atoms with E-state index in [1.54, 1.807) is 24.3 Å². The monoisotopic (exact) mass is 380 g/mol. The third kappa shape index (κ3) is 10.7. The quantitative estimate of drug-likeness (QED) is 0.342. The average molecular weight is 380 g/mol. The molecular formula is C21H32O6. The van der Waals surface area contributed by atoms with Gasteiger partial charge in [0.25, 0.3) is 0 Å². The van der Waals surface area contributed by atoms with E-state index >= 15 is 0 Å². The van der Waals surface area contributed by atoms with Gasteiger partial charge in [-0.1, -0.05) is 44.9 Å². The van der Waals surface area contributed by atoms with Crippen LogP contribution in [0.5, 0.6) is 0 Å². The Labute approximate surface area is 162 Å². The van der Waals surface area contributed by atoms with Crippen molar-refractivity contribution in [3.63, 3.8) is 0 Å². The largest absolute Gasteiger partial charge is 0.463 e. The van der Waals surface area contributed by atoms with Crippen molar-refractivity contribution < 1.29 is 28.5 Å². The SMILES string of the molecule is CCCCC(CC)C(=O)OCCOCCOCCOC(=O)c1ccccc1. The molecule has 0 heterocycles. The first kappa shape index (κ1) is 23.1. The van der Waals surface area contributed by atoms with E-state index in [9.17, 15) is 9.59 Å². The number of unbranched alkanes of at least 4 members (excludes halogenated alkanes) is 1. The second-order valence-corrected chi connectivity index (χ2v) is 6.14. The van der Waals surface area contributed by atoms with Crippen LogP contribution in [0.2, 0.25) is 0 Å². The van der Waals surface area contributed by atoms with Crippen LogP contribution in [0.3, 0.4) is 0 Å². The van der Waals surface area contributed by atoms with Gasteiger partial charge in [-0.2, -0.15) is 0 Å². The Kier molecular flexibility index (Phi) is 13.0. The van der Waals surface area contributed by atoms with Crippen LogP contribution in [0.1, 0.15) is 49.9 Å². The zero-order valence-corrected chi connectivity index (χ0v) is 16.5. The maximum absolute atomic E-state index is 11.9. The molecule has 0 N–H and O–H groups in total. The molecule has 0 aliphatic carbocycles. The Morgan fingerprint density at radius 2 is 1.44 bits per heavy atom. The van der Waals surface area contributed by atoms with Crippen LogP contribution in [0, 0.1) is 5.92 Å². The number of hydrogen-bond donors (Lipinski definition) is 0. The third-order valence-corrected chi connectivity index (χ3v) is 4.05. The summed E-state index contributed by atoms with van der Waals surface area (Å²) >= 11 is 0. The third-order valence-electron chi connectivity index (χ3n) is 4.05. The normalized spacial score (nSPS) is 11.8. The number of carbonyl (C=O) groups excluding carboxylic acids is 2. The number of rotatable bonds is 15. The smallest absolute Gasteiger partial charge is 0.338 e. The minimum Gasteiger partial charge on any atom is -0.463 e. The molecule has 1 atom stereocenters. The molecule has 0 aromatic heterocycles. The lowest BCUT2D eigenvalue weighted by atomic mass is 10.00. The van der Waals surface area contributed by atoms with E-state index in [0.717, 1.165) is 25.7 Å². The molecule has 0 bridgehead atoms. The number of benzene rings is 1. The van der Waals surface area contributed by atoms with E-state index in [4.69, 9.17) is 18.9 Å². The summed E-state index contributed by atoms with van der Waals surface area (Å²) in [6.07, 6.45) is 3.82. The molecule has 0 saturated heterocycles. The molecule has 1 aromatic rings. The maximum atomic E-state index is 11.9. The molecule has 6 heteroatoms. The van der Waals surface area contributed by atoms with Crippen molar-refractivity contribution in [1.29, 1.82) is 0 Å². The molecule has 1 rings (SSSR count). The van der Waals surface area contributed by atoms with Crippen molar-refractivity contribution in [2.45, 2.75) is 39.5 Å². The number of esters is 2. The van der Waals surface area contributed by atoms with Crippen LogP contribution in [-0.4, -0.2) is 51.6 Å². The van der Waals surface area contributed by atoms with Gasteiger partial charge < -0.3 is 18.9 Å². The highest BCUT2D eigenvalue weighted by atomic mass is 16.6. The van der Waals surface area contributed by atoms with Gasteiger partial charge in [0.1, 0.15) is 13.2 Å².